The van der Waals surface area contributed by atoms with Crippen molar-refractivity contribution in [3.05, 3.63) is 30.1 Å². The number of hydrogen-bond donors (Lipinski definition) is 2. The van der Waals surface area contributed by atoms with E-state index in [0.717, 1.165) is 12.0 Å². The fourth-order valence-electron chi connectivity index (χ4n) is 1.04. The Hall–Kier alpha value is -1.35. The molecule has 0 aliphatic carbocycles. The molecule has 3 heteroatoms. The fourth-order valence-corrected chi connectivity index (χ4v) is 1.04. The summed E-state index contributed by atoms with van der Waals surface area (Å²) in [6, 6.07) is 2.03. The molecule has 0 saturated carbocycles. The van der Waals surface area contributed by atoms with Gasteiger partial charge in [-0.15, -0.1) is 0 Å². The highest BCUT2D eigenvalue weighted by atomic mass is 16.3. The number of pyridine rings is 1. The summed E-state index contributed by atoms with van der Waals surface area (Å²) in [5, 5.41) is 12.6. The van der Waals surface area contributed by atoms with Crippen LogP contribution in [0.15, 0.2) is 24.5 Å². The standard InChI is InChI=1S/C11H16N2O/c1-9(12-2)4-3-5-10-8-13-7-6-11(10)14/h3,5-9,12H,4H2,1-2H3,(H,13,14)/b5-3+. The monoisotopic (exact) mass is 192 g/mol. The van der Waals surface area contributed by atoms with E-state index in [-0.39, 0.29) is 5.75 Å². The van der Waals surface area contributed by atoms with Crippen molar-refractivity contribution in [1.82, 2.24) is 10.3 Å². The lowest BCUT2D eigenvalue weighted by molar-refractivity contribution is 0.473. The van der Waals surface area contributed by atoms with E-state index < -0.39 is 0 Å². The van der Waals surface area contributed by atoms with Crippen molar-refractivity contribution in [3.8, 4) is 5.75 Å². The minimum Gasteiger partial charge on any atom is -0.507 e. The van der Waals surface area contributed by atoms with Crippen molar-refractivity contribution >= 4 is 6.08 Å². The van der Waals surface area contributed by atoms with Crippen LogP contribution in [0.5, 0.6) is 5.75 Å². The average Bonchev–Trinajstić information content (AvgIpc) is 2.20. The van der Waals surface area contributed by atoms with Crippen LogP contribution in [0.1, 0.15) is 18.9 Å². The van der Waals surface area contributed by atoms with Gasteiger partial charge in [-0.1, -0.05) is 12.2 Å². The molecule has 1 heterocycles. The SMILES string of the molecule is CNC(C)C/C=C/c1cnccc1O. The zero-order valence-corrected chi connectivity index (χ0v) is 8.57. The molecule has 1 unspecified atom stereocenters. The predicted octanol–water partition coefficient (Wildman–Crippen LogP) is 1.80. The molecule has 76 valence electrons. The molecule has 0 aromatic carbocycles. The highest BCUT2D eigenvalue weighted by molar-refractivity contribution is 5.55. The second-order valence-corrected chi connectivity index (χ2v) is 3.26. The summed E-state index contributed by atoms with van der Waals surface area (Å²) in [6.07, 6.45) is 8.07. The molecule has 0 radical (unpaired) electrons. The van der Waals surface area contributed by atoms with E-state index in [1.807, 2.05) is 19.2 Å². The maximum Gasteiger partial charge on any atom is 0.125 e. The number of nitrogens with zero attached hydrogens (tertiary/aromatic N) is 1. The molecule has 0 aliphatic heterocycles. The van der Waals surface area contributed by atoms with Crippen molar-refractivity contribution in [2.75, 3.05) is 7.05 Å². The molecular formula is C11H16N2O. The minimum absolute atomic E-state index is 0.272. The summed E-state index contributed by atoms with van der Waals surface area (Å²) >= 11 is 0. The van der Waals surface area contributed by atoms with E-state index in [2.05, 4.69) is 17.2 Å². The Kier molecular flexibility index (Phi) is 4.13. The second-order valence-electron chi connectivity index (χ2n) is 3.26. The third kappa shape index (κ3) is 3.18. The van der Waals surface area contributed by atoms with Gasteiger partial charge in [0.2, 0.25) is 0 Å². The van der Waals surface area contributed by atoms with Crippen LogP contribution in [0, 0.1) is 0 Å². The van der Waals surface area contributed by atoms with Crippen LogP contribution in [0.25, 0.3) is 6.08 Å². The third-order valence-electron chi connectivity index (χ3n) is 2.11. The number of aromatic nitrogens is 1. The van der Waals surface area contributed by atoms with E-state index in [4.69, 9.17) is 0 Å². The van der Waals surface area contributed by atoms with Gasteiger partial charge in [0.25, 0.3) is 0 Å². The fraction of sp³-hybridized carbons (Fsp3) is 0.364. The van der Waals surface area contributed by atoms with Gasteiger partial charge in [-0.3, -0.25) is 4.98 Å². The second kappa shape index (κ2) is 5.40. The molecule has 0 aliphatic rings. The molecule has 1 aromatic heterocycles. The highest BCUT2D eigenvalue weighted by Crippen LogP contribution is 2.15. The van der Waals surface area contributed by atoms with Crippen LogP contribution in [0.3, 0.4) is 0 Å². The van der Waals surface area contributed by atoms with Gasteiger partial charge in [-0.05, 0) is 26.5 Å². The maximum absolute atomic E-state index is 9.43. The number of hydrogen-bond acceptors (Lipinski definition) is 3. The molecule has 0 bridgehead atoms. The summed E-state index contributed by atoms with van der Waals surface area (Å²) < 4.78 is 0. The van der Waals surface area contributed by atoms with Gasteiger partial charge in [-0.2, -0.15) is 0 Å². The molecule has 3 nitrogen and oxygen atoms in total. The molecule has 0 amide bonds. The van der Waals surface area contributed by atoms with Gasteiger partial charge in [0, 0.05) is 24.0 Å². The first kappa shape index (κ1) is 10.7. The summed E-state index contributed by atoms with van der Waals surface area (Å²) in [7, 11) is 1.93. The largest absolute Gasteiger partial charge is 0.507 e. The molecule has 0 saturated heterocycles. The lowest BCUT2D eigenvalue weighted by Gasteiger charge is -2.05. The van der Waals surface area contributed by atoms with Gasteiger partial charge < -0.3 is 10.4 Å². The summed E-state index contributed by atoms with van der Waals surface area (Å²) in [5.74, 6) is 0.272. The highest BCUT2D eigenvalue weighted by Gasteiger charge is 1.96. The first-order chi connectivity index (χ1) is 6.74. The van der Waals surface area contributed by atoms with Crippen LogP contribution < -0.4 is 5.32 Å². The molecule has 14 heavy (non-hydrogen) atoms. The Morgan fingerprint density at radius 1 is 1.64 bits per heavy atom. The van der Waals surface area contributed by atoms with Crippen LogP contribution in [0.2, 0.25) is 0 Å². The smallest absolute Gasteiger partial charge is 0.125 e. The molecule has 1 rings (SSSR count). The molecule has 2 N–H and O–H groups in total. The predicted molar refractivity (Wildman–Crippen MR) is 58.1 cm³/mol. The Labute approximate surface area is 84.5 Å². The number of aromatic hydroxyl groups is 1. The van der Waals surface area contributed by atoms with Crippen molar-refractivity contribution < 1.29 is 5.11 Å². The Morgan fingerprint density at radius 2 is 2.43 bits per heavy atom. The van der Waals surface area contributed by atoms with Gasteiger partial charge >= 0.3 is 0 Å². The normalized spacial score (nSPS) is 13.3. The van der Waals surface area contributed by atoms with Crippen LogP contribution in [-0.4, -0.2) is 23.2 Å². The number of nitrogens with one attached hydrogen (secondary N) is 1. The van der Waals surface area contributed by atoms with Gasteiger partial charge in [-0.25, -0.2) is 0 Å². The third-order valence-corrected chi connectivity index (χ3v) is 2.11. The Bertz CT molecular complexity index is 310. The summed E-state index contributed by atoms with van der Waals surface area (Å²) in [5.41, 5.74) is 0.760. The van der Waals surface area contributed by atoms with E-state index in [1.54, 1.807) is 18.5 Å². The Balaban J connectivity index is 2.56. The van der Waals surface area contributed by atoms with Crippen LogP contribution in [-0.2, 0) is 0 Å². The van der Waals surface area contributed by atoms with E-state index in [0.29, 0.717) is 6.04 Å². The van der Waals surface area contributed by atoms with Gasteiger partial charge in [0.1, 0.15) is 5.75 Å². The number of rotatable bonds is 4. The van der Waals surface area contributed by atoms with Crippen molar-refractivity contribution in [3.63, 3.8) is 0 Å². The molecule has 0 fully saturated rings. The lowest BCUT2D eigenvalue weighted by Crippen LogP contribution is -2.19. The van der Waals surface area contributed by atoms with E-state index in [1.165, 1.54) is 0 Å². The quantitative estimate of drug-likeness (QED) is 0.764. The zero-order chi connectivity index (χ0) is 10.4. The maximum atomic E-state index is 9.43. The lowest BCUT2D eigenvalue weighted by atomic mass is 10.2. The summed E-state index contributed by atoms with van der Waals surface area (Å²) in [4.78, 5) is 3.94. The van der Waals surface area contributed by atoms with E-state index in [9.17, 15) is 5.11 Å². The zero-order valence-electron chi connectivity index (χ0n) is 8.57. The van der Waals surface area contributed by atoms with Crippen LogP contribution >= 0.6 is 0 Å². The molecular weight excluding hydrogens is 176 g/mol. The Morgan fingerprint density at radius 3 is 3.07 bits per heavy atom. The topological polar surface area (TPSA) is 45.2 Å². The first-order valence-electron chi connectivity index (χ1n) is 4.71. The van der Waals surface area contributed by atoms with Crippen molar-refractivity contribution in [1.29, 1.82) is 0 Å². The van der Waals surface area contributed by atoms with E-state index >= 15 is 0 Å². The molecule has 1 aromatic rings. The van der Waals surface area contributed by atoms with Gasteiger partial charge in [0.05, 0.1) is 0 Å². The van der Waals surface area contributed by atoms with Gasteiger partial charge in [0.15, 0.2) is 0 Å². The van der Waals surface area contributed by atoms with Crippen LogP contribution in [0.4, 0.5) is 0 Å². The summed E-state index contributed by atoms with van der Waals surface area (Å²) in [6.45, 7) is 2.10. The van der Waals surface area contributed by atoms with Crippen molar-refractivity contribution in [2.24, 2.45) is 0 Å². The average molecular weight is 192 g/mol. The molecule has 0 spiro atoms. The molecule has 1 atom stereocenters. The minimum atomic E-state index is 0.272. The first-order valence-corrected chi connectivity index (χ1v) is 4.71. The van der Waals surface area contributed by atoms with Crippen molar-refractivity contribution in [2.45, 2.75) is 19.4 Å².